The van der Waals surface area contributed by atoms with Gasteiger partial charge in [-0.15, -0.1) is 0 Å². The summed E-state index contributed by atoms with van der Waals surface area (Å²) < 4.78 is 34.6. The van der Waals surface area contributed by atoms with Crippen molar-refractivity contribution in [2.24, 2.45) is 4.99 Å². The molecule has 0 atom stereocenters. The maximum atomic E-state index is 12.4. The number of hydrogen-bond acceptors (Lipinski definition) is 3. The normalized spacial score (nSPS) is 14.7. The van der Waals surface area contributed by atoms with Gasteiger partial charge in [0.2, 0.25) is 0 Å². The average Bonchev–Trinajstić information content (AvgIpc) is 3.31. The molecule has 1 aromatic rings. The van der Waals surface area contributed by atoms with Gasteiger partial charge in [-0.3, -0.25) is 0 Å². The molecule has 128 valence electrons. The second-order valence-corrected chi connectivity index (χ2v) is 5.21. The first-order valence-electron chi connectivity index (χ1n) is 7.87. The Labute approximate surface area is 135 Å². The van der Waals surface area contributed by atoms with Gasteiger partial charge in [0.25, 0.3) is 0 Å². The molecule has 1 fully saturated rings. The van der Waals surface area contributed by atoms with Gasteiger partial charge in [0, 0.05) is 12.6 Å². The summed E-state index contributed by atoms with van der Waals surface area (Å²) in [6, 6.07) is 5.40. The van der Waals surface area contributed by atoms with E-state index in [0.29, 0.717) is 24.9 Å². The SMILES string of the molecule is CCNC(=NCc1ccc(OC(F)F)c(OCC)c1)NC1CC1. The molecule has 1 saturated carbocycles. The first kappa shape index (κ1) is 17.3. The molecule has 0 aliphatic heterocycles. The third-order valence-corrected chi connectivity index (χ3v) is 3.21. The predicted octanol–water partition coefficient (Wildman–Crippen LogP) is 2.90. The van der Waals surface area contributed by atoms with E-state index in [2.05, 4.69) is 20.4 Å². The molecule has 1 aliphatic rings. The molecule has 1 aromatic carbocycles. The van der Waals surface area contributed by atoms with Gasteiger partial charge in [-0.05, 0) is 44.4 Å². The topological polar surface area (TPSA) is 54.9 Å². The second kappa shape index (κ2) is 8.55. The van der Waals surface area contributed by atoms with Crippen molar-refractivity contribution in [2.75, 3.05) is 13.2 Å². The molecular formula is C16H23F2N3O2. The number of alkyl halides is 2. The summed E-state index contributed by atoms with van der Waals surface area (Å²) in [5.74, 6) is 1.11. The lowest BCUT2D eigenvalue weighted by molar-refractivity contribution is -0.0514. The maximum Gasteiger partial charge on any atom is 0.387 e. The molecule has 0 heterocycles. The lowest BCUT2D eigenvalue weighted by Crippen LogP contribution is -2.38. The highest BCUT2D eigenvalue weighted by Crippen LogP contribution is 2.30. The van der Waals surface area contributed by atoms with E-state index in [9.17, 15) is 8.78 Å². The molecule has 0 spiro atoms. The molecule has 0 bridgehead atoms. The Balaban J connectivity index is 2.06. The van der Waals surface area contributed by atoms with Crippen molar-refractivity contribution in [3.8, 4) is 11.5 Å². The van der Waals surface area contributed by atoms with E-state index in [1.807, 2.05) is 6.92 Å². The Morgan fingerprint density at radius 2 is 2.09 bits per heavy atom. The Bertz CT molecular complexity index is 534. The van der Waals surface area contributed by atoms with Gasteiger partial charge < -0.3 is 20.1 Å². The van der Waals surface area contributed by atoms with Crippen LogP contribution in [0.25, 0.3) is 0 Å². The predicted molar refractivity (Wildman–Crippen MR) is 85.2 cm³/mol. The Hall–Kier alpha value is -2.05. The fourth-order valence-corrected chi connectivity index (χ4v) is 2.02. The summed E-state index contributed by atoms with van der Waals surface area (Å²) in [5.41, 5.74) is 0.864. The zero-order valence-electron chi connectivity index (χ0n) is 13.4. The number of halogens is 2. The average molecular weight is 327 g/mol. The van der Waals surface area contributed by atoms with E-state index in [1.54, 1.807) is 19.1 Å². The first-order chi connectivity index (χ1) is 11.1. The number of rotatable bonds is 8. The molecule has 0 aromatic heterocycles. The highest BCUT2D eigenvalue weighted by Gasteiger charge is 2.22. The van der Waals surface area contributed by atoms with Crippen molar-refractivity contribution in [1.82, 2.24) is 10.6 Å². The van der Waals surface area contributed by atoms with Crippen molar-refractivity contribution >= 4 is 5.96 Å². The molecule has 0 saturated heterocycles. The minimum absolute atomic E-state index is 0.0394. The van der Waals surface area contributed by atoms with Crippen LogP contribution in [0.3, 0.4) is 0 Å². The molecule has 0 unspecified atom stereocenters. The second-order valence-electron chi connectivity index (χ2n) is 5.21. The standard InChI is InChI=1S/C16H23F2N3O2/c1-3-19-16(21-12-6-7-12)20-10-11-5-8-13(23-15(17)18)14(9-11)22-4-2/h5,8-9,12,15H,3-4,6-7,10H2,1-2H3,(H2,19,20,21). The Morgan fingerprint density at radius 3 is 2.70 bits per heavy atom. The van der Waals surface area contributed by atoms with Gasteiger partial charge in [0.1, 0.15) is 0 Å². The number of aliphatic imine (C=N–C) groups is 1. The highest BCUT2D eigenvalue weighted by atomic mass is 19.3. The van der Waals surface area contributed by atoms with Crippen LogP contribution in [0.1, 0.15) is 32.3 Å². The lowest BCUT2D eigenvalue weighted by atomic mass is 10.2. The fourth-order valence-electron chi connectivity index (χ4n) is 2.02. The van der Waals surface area contributed by atoms with Crippen LogP contribution in [0.2, 0.25) is 0 Å². The number of guanidine groups is 1. The summed E-state index contributed by atoms with van der Waals surface area (Å²) in [5, 5.41) is 6.51. The summed E-state index contributed by atoms with van der Waals surface area (Å²) in [7, 11) is 0. The zero-order valence-corrected chi connectivity index (χ0v) is 13.4. The minimum atomic E-state index is -2.87. The van der Waals surface area contributed by atoms with E-state index < -0.39 is 6.61 Å². The smallest absolute Gasteiger partial charge is 0.387 e. The number of hydrogen-bond donors (Lipinski definition) is 2. The molecule has 1 aliphatic carbocycles. The lowest BCUT2D eigenvalue weighted by Gasteiger charge is -2.13. The van der Waals surface area contributed by atoms with E-state index in [1.165, 1.54) is 18.9 Å². The van der Waals surface area contributed by atoms with Crippen LogP contribution in [0.4, 0.5) is 8.78 Å². The molecule has 5 nitrogen and oxygen atoms in total. The van der Waals surface area contributed by atoms with Gasteiger partial charge in [-0.25, -0.2) is 4.99 Å². The van der Waals surface area contributed by atoms with Crippen molar-refractivity contribution in [1.29, 1.82) is 0 Å². The fraction of sp³-hybridized carbons (Fsp3) is 0.562. The van der Waals surface area contributed by atoms with E-state index >= 15 is 0 Å². The van der Waals surface area contributed by atoms with Crippen LogP contribution in [0, 0.1) is 0 Å². The number of nitrogens with zero attached hydrogens (tertiary/aromatic N) is 1. The van der Waals surface area contributed by atoms with Gasteiger partial charge in [0.05, 0.1) is 13.2 Å². The summed E-state index contributed by atoms with van der Waals surface area (Å²) in [6.07, 6.45) is 2.33. The monoisotopic (exact) mass is 327 g/mol. The van der Waals surface area contributed by atoms with Crippen molar-refractivity contribution in [3.05, 3.63) is 23.8 Å². The van der Waals surface area contributed by atoms with E-state index in [-0.39, 0.29) is 5.75 Å². The van der Waals surface area contributed by atoms with Gasteiger partial charge in [-0.1, -0.05) is 6.07 Å². The minimum Gasteiger partial charge on any atom is -0.490 e. The van der Waals surface area contributed by atoms with E-state index in [4.69, 9.17) is 4.74 Å². The van der Waals surface area contributed by atoms with Gasteiger partial charge >= 0.3 is 6.61 Å². The molecule has 0 amide bonds. The summed E-state index contributed by atoms with van der Waals surface area (Å²) in [6.45, 7) is 2.51. The van der Waals surface area contributed by atoms with Crippen LogP contribution in [-0.4, -0.2) is 31.8 Å². The van der Waals surface area contributed by atoms with Crippen molar-refractivity contribution in [3.63, 3.8) is 0 Å². The zero-order chi connectivity index (χ0) is 16.7. The molecule has 2 N–H and O–H groups in total. The van der Waals surface area contributed by atoms with Crippen molar-refractivity contribution in [2.45, 2.75) is 45.9 Å². The van der Waals surface area contributed by atoms with Crippen LogP contribution in [0.5, 0.6) is 11.5 Å². The Morgan fingerprint density at radius 1 is 1.30 bits per heavy atom. The molecule has 23 heavy (non-hydrogen) atoms. The van der Waals surface area contributed by atoms with E-state index in [0.717, 1.165) is 18.1 Å². The van der Waals surface area contributed by atoms with Gasteiger partial charge in [0.15, 0.2) is 17.5 Å². The quantitative estimate of drug-likeness (QED) is 0.569. The molecule has 7 heteroatoms. The molecule has 2 rings (SSSR count). The Kier molecular flexibility index (Phi) is 6.43. The summed E-state index contributed by atoms with van der Waals surface area (Å²) >= 11 is 0. The van der Waals surface area contributed by atoms with Crippen LogP contribution < -0.4 is 20.1 Å². The molecule has 0 radical (unpaired) electrons. The van der Waals surface area contributed by atoms with Crippen LogP contribution in [0.15, 0.2) is 23.2 Å². The number of benzene rings is 1. The largest absolute Gasteiger partial charge is 0.490 e. The molecular weight excluding hydrogens is 304 g/mol. The van der Waals surface area contributed by atoms with Crippen molar-refractivity contribution < 1.29 is 18.3 Å². The van der Waals surface area contributed by atoms with Crippen LogP contribution in [-0.2, 0) is 6.54 Å². The number of nitrogens with one attached hydrogen (secondary N) is 2. The third-order valence-electron chi connectivity index (χ3n) is 3.21. The first-order valence-corrected chi connectivity index (χ1v) is 7.87. The van der Waals surface area contributed by atoms with Crippen LogP contribution >= 0.6 is 0 Å². The van der Waals surface area contributed by atoms with Gasteiger partial charge in [-0.2, -0.15) is 8.78 Å². The third kappa shape index (κ3) is 5.92. The summed E-state index contributed by atoms with van der Waals surface area (Å²) in [4.78, 5) is 4.51. The highest BCUT2D eigenvalue weighted by molar-refractivity contribution is 5.80. The number of ether oxygens (including phenoxy) is 2. The maximum absolute atomic E-state index is 12.4.